The molecule has 4 atom stereocenters. The Bertz CT molecular complexity index is 5420. The predicted molar refractivity (Wildman–Crippen MR) is 361 cm³/mol. The van der Waals surface area contributed by atoms with Crippen LogP contribution in [0.4, 0.5) is 11.4 Å². The lowest BCUT2D eigenvalue weighted by Gasteiger charge is -2.33. The van der Waals surface area contributed by atoms with Crippen LogP contribution < -0.4 is 15.5 Å². The largest absolute Gasteiger partial charge is 0.493 e. The molecule has 0 saturated carbocycles. The molecule has 6 heteroatoms. The molecule has 0 N–H and O–H groups in total. The second-order valence-corrected chi connectivity index (χ2v) is 23.7. The first kappa shape index (κ1) is 50.0. The van der Waals surface area contributed by atoms with Crippen LogP contribution in [0.25, 0.3) is 122 Å². The number of nitrogens with zero attached hydrogens (tertiary/aromatic N) is 4. The first-order valence-corrected chi connectivity index (χ1v) is 30.1. The molecule has 13 aromatic rings. The average Bonchev–Trinajstić information content (AvgIpc) is 1.52. The Morgan fingerprint density at radius 3 is 1.94 bits per heavy atom. The maximum Gasteiger partial charge on any atom is 0.159 e. The van der Waals surface area contributed by atoms with Gasteiger partial charge in [-0.1, -0.05) is 219 Å². The molecular formula is C80H60N4O2. The van der Waals surface area contributed by atoms with Crippen LogP contribution >= 0.6 is 0 Å². The van der Waals surface area contributed by atoms with Gasteiger partial charge in [-0.15, -0.1) is 0 Å². The molecule has 0 bridgehead atoms. The minimum Gasteiger partial charge on any atom is -0.493 e. The normalized spacial score (nSPS) is 18.9. The van der Waals surface area contributed by atoms with Crippen molar-refractivity contribution in [3.63, 3.8) is 0 Å². The number of hydrogen-bond acceptors (Lipinski definition) is 4. The van der Waals surface area contributed by atoms with Gasteiger partial charge in [0.1, 0.15) is 11.7 Å². The first-order valence-electron chi connectivity index (χ1n) is 30.1. The number of ether oxygens (including phenoxy) is 1. The minimum atomic E-state index is 0.0583. The Hall–Kier alpha value is -10.6. The van der Waals surface area contributed by atoms with Gasteiger partial charge in [-0.3, -0.25) is 0 Å². The van der Waals surface area contributed by atoms with Gasteiger partial charge in [-0.05, 0) is 91.9 Å². The van der Waals surface area contributed by atoms with Crippen molar-refractivity contribution in [2.24, 2.45) is 5.92 Å². The van der Waals surface area contributed by atoms with Crippen molar-refractivity contribution in [2.45, 2.75) is 44.9 Å². The van der Waals surface area contributed by atoms with E-state index >= 15 is 0 Å². The zero-order chi connectivity index (χ0) is 57.3. The van der Waals surface area contributed by atoms with Crippen molar-refractivity contribution in [1.29, 1.82) is 0 Å². The Labute approximate surface area is 498 Å². The van der Waals surface area contributed by atoms with E-state index in [1.807, 2.05) is 6.26 Å². The third kappa shape index (κ3) is 7.52. The second-order valence-electron chi connectivity index (χ2n) is 23.7. The highest BCUT2D eigenvalue weighted by Gasteiger charge is 2.32. The van der Waals surface area contributed by atoms with E-state index in [-0.39, 0.29) is 24.1 Å². The number of furan rings is 1. The Balaban J connectivity index is 0.898. The fourth-order valence-electron chi connectivity index (χ4n) is 14.8. The van der Waals surface area contributed by atoms with Crippen molar-refractivity contribution in [3.8, 4) is 22.3 Å². The summed E-state index contributed by atoms with van der Waals surface area (Å²) >= 11 is 0. The number of para-hydroxylation sites is 4. The summed E-state index contributed by atoms with van der Waals surface area (Å²) in [6, 6.07) is 58.2. The van der Waals surface area contributed by atoms with Gasteiger partial charge in [0.15, 0.2) is 5.58 Å². The van der Waals surface area contributed by atoms with Crippen LogP contribution in [-0.2, 0) is 4.74 Å². The average molecular weight is 1110 g/mol. The maximum atomic E-state index is 6.79. The molecule has 0 fully saturated rings. The van der Waals surface area contributed by atoms with Crippen LogP contribution in [0, 0.1) is 5.92 Å². The van der Waals surface area contributed by atoms with E-state index in [4.69, 9.17) is 22.3 Å². The van der Waals surface area contributed by atoms with Crippen molar-refractivity contribution < 1.29 is 9.15 Å². The van der Waals surface area contributed by atoms with Gasteiger partial charge in [0.2, 0.25) is 0 Å². The summed E-state index contributed by atoms with van der Waals surface area (Å²) in [4.78, 5) is 4.81. The number of anilines is 2. The van der Waals surface area contributed by atoms with E-state index in [9.17, 15) is 0 Å². The van der Waals surface area contributed by atoms with Crippen molar-refractivity contribution in [2.75, 3.05) is 4.90 Å². The van der Waals surface area contributed by atoms with Gasteiger partial charge >= 0.3 is 0 Å². The molecule has 0 amide bonds. The van der Waals surface area contributed by atoms with Gasteiger partial charge in [0.05, 0.1) is 51.6 Å². The highest BCUT2D eigenvalue weighted by Crippen LogP contribution is 2.53. The van der Waals surface area contributed by atoms with Crippen molar-refractivity contribution in [1.82, 2.24) is 13.7 Å². The lowest BCUT2D eigenvalue weighted by molar-refractivity contribution is 0.192. The van der Waals surface area contributed by atoms with Crippen LogP contribution in [-0.4, -0.2) is 31.9 Å². The molecule has 6 nitrogen and oxygen atoms in total. The molecule has 1 aliphatic heterocycles. The van der Waals surface area contributed by atoms with E-state index in [1.54, 1.807) is 0 Å². The molecule has 0 radical (unpaired) electrons. The number of rotatable bonds is 11. The van der Waals surface area contributed by atoms with Gasteiger partial charge in [-0.25, -0.2) is 0 Å². The zero-order valence-electron chi connectivity index (χ0n) is 48.0. The fraction of sp³-hybridized carbons (Fsp3) is 0.100. The van der Waals surface area contributed by atoms with E-state index in [1.165, 1.54) is 65.6 Å². The molecule has 6 heterocycles. The van der Waals surface area contributed by atoms with Crippen molar-refractivity contribution >= 4 is 111 Å². The summed E-state index contributed by atoms with van der Waals surface area (Å²) < 4.78 is 17.9. The van der Waals surface area contributed by atoms with E-state index in [2.05, 4.69) is 281 Å². The Morgan fingerprint density at radius 1 is 0.581 bits per heavy atom. The predicted octanol–water partition coefficient (Wildman–Crippen LogP) is 18.9. The molecule has 8 aromatic carbocycles. The van der Waals surface area contributed by atoms with E-state index in [0.717, 1.165) is 101 Å². The lowest BCUT2D eigenvalue weighted by atomic mass is 9.89. The maximum absolute atomic E-state index is 6.79. The molecule has 17 rings (SSSR count). The van der Waals surface area contributed by atoms with Crippen LogP contribution in [0.5, 0.6) is 0 Å². The topological polar surface area (TPSA) is 37.7 Å². The molecule has 3 aliphatic carbocycles. The third-order valence-corrected chi connectivity index (χ3v) is 18.7. The summed E-state index contributed by atoms with van der Waals surface area (Å²) in [6.45, 7) is 14.3. The molecule has 86 heavy (non-hydrogen) atoms. The minimum absolute atomic E-state index is 0.0583. The van der Waals surface area contributed by atoms with Gasteiger partial charge < -0.3 is 27.8 Å². The summed E-state index contributed by atoms with van der Waals surface area (Å²) in [5, 5.41) is 12.6. The van der Waals surface area contributed by atoms with Gasteiger partial charge in [0.25, 0.3) is 0 Å². The highest BCUT2D eigenvalue weighted by atomic mass is 16.5. The molecular weight excluding hydrogens is 1050 g/mol. The second kappa shape index (κ2) is 19.5. The van der Waals surface area contributed by atoms with E-state index in [0.29, 0.717) is 0 Å². The Kier molecular flexibility index (Phi) is 11.3. The number of hydrogen-bond donors (Lipinski definition) is 0. The molecule has 0 spiro atoms. The number of allylic oxidation sites excluding steroid dienone is 10. The summed E-state index contributed by atoms with van der Waals surface area (Å²) in [7, 11) is 0. The SMILES string of the molecule is C=C(/C=c1\c(=C)n2c3c(-c4ccccc4)c4c5cccc6c7cc(N(c8cccc9c8oc8ccccc89)C8C=CC(C)=CC8)ccc7n(c4c(-c4ccccc4)c3c3cccc1c32)c65)N(/C=C/C=C\C1=COC2C=CC=CC12)C1C=CC(C)=CC1. The first-order chi connectivity index (χ1) is 42.4. The molecule has 412 valence electrons. The van der Waals surface area contributed by atoms with Crippen LogP contribution in [0.1, 0.15) is 26.7 Å². The number of benzene rings is 8. The van der Waals surface area contributed by atoms with Gasteiger partial charge in [-0.2, -0.15) is 0 Å². The lowest BCUT2D eigenvalue weighted by Crippen LogP contribution is -2.31. The highest BCUT2D eigenvalue weighted by molar-refractivity contribution is 6.36. The number of fused-ring (bicyclic) bond motifs is 13. The molecule has 4 aliphatic rings. The summed E-state index contributed by atoms with van der Waals surface area (Å²) in [5.74, 6) is 0.224. The summed E-state index contributed by atoms with van der Waals surface area (Å²) in [6.07, 6.45) is 36.9. The Morgan fingerprint density at radius 2 is 1.21 bits per heavy atom. The molecule has 5 aromatic heterocycles. The molecule has 4 unspecified atom stereocenters. The monoisotopic (exact) mass is 1110 g/mol. The van der Waals surface area contributed by atoms with Crippen molar-refractivity contribution in [3.05, 3.63) is 289 Å². The van der Waals surface area contributed by atoms with Crippen LogP contribution in [0.2, 0.25) is 0 Å². The summed E-state index contributed by atoms with van der Waals surface area (Å²) in [5.41, 5.74) is 19.1. The zero-order valence-corrected chi connectivity index (χ0v) is 48.0. The van der Waals surface area contributed by atoms with Crippen LogP contribution in [0.3, 0.4) is 0 Å². The van der Waals surface area contributed by atoms with Crippen LogP contribution in [0.15, 0.2) is 283 Å². The smallest absolute Gasteiger partial charge is 0.159 e. The fourth-order valence-corrected chi connectivity index (χ4v) is 14.8. The molecule has 0 saturated heterocycles. The third-order valence-electron chi connectivity index (χ3n) is 18.7. The van der Waals surface area contributed by atoms with E-state index < -0.39 is 0 Å². The number of aromatic nitrogens is 2. The quantitative estimate of drug-likeness (QED) is 0.121. The standard InChI is InChI=1S/C80H60N4O2/c1-49-35-39-56(40-36-49)81(45-16-15-24-55-48-85-70-33-13-11-25-59(55)70)51(3)46-66-52(4)82-76-61(66)27-17-30-64(76)74-73(54-22-9-6-10-23-54)79-75(72(78(74)82)53-20-7-5-8-21-53)65-31-18-28-62-67-47-58(43-44-68(67)84(79)77(62)65)83(57-41-37-50(2)38-42-57)69-32-19-29-63-60-26-12-14-34-71(60)86-80(63)69/h5-39,41,43-48,56-57,59,70H,3-4,40,42H2,1-2H3/b24-15-,45-16+,66-46+. The van der Waals surface area contributed by atoms with Gasteiger partial charge in [0, 0.05) is 93.7 Å².